The van der Waals surface area contributed by atoms with E-state index in [2.05, 4.69) is 32.7 Å². The third-order valence-electron chi connectivity index (χ3n) is 3.43. The Morgan fingerprint density at radius 1 is 1.38 bits per heavy atom. The lowest BCUT2D eigenvalue weighted by Gasteiger charge is -2.35. The first-order valence-electron chi connectivity index (χ1n) is 6.37. The van der Waals surface area contributed by atoms with Gasteiger partial charge in [0.2, 0.25) is 0 Å². The minimum atomic E-state index is -0.369. The van der Waals surface area contributed by atoms with Crippen molar-refractivity contribution in [2.24, 2.45) is 0 Å². The van der Waals surface area contributed by atoms with Crippen LogP contribution in [0.25, 0.3) is 0 Å². The molecule has 1 heterocycles. The van der Waals surface area contributed by atoms with E-state index in [-0.39, 0.29) is 42.4 Å². The van der Waals surface area contributed by atoms with E-state index in [1.54, 1.807) is 6.08 Å². The Morgan fingerprint density at radius 2 is 2.00 bits per heavy atom. The van der Waals surface area contributed by atoms with E-state index in [0.717, 1.165) is 26.2 Å². The van der Waals surface area contributed by atoms with Gasteiger partial charge in [-0.05, 0) is 34.5 Å². The van der Waals surface area contributed by atoms with Crippen molar-refractivity contribution in [1.82, 2.24) is 10.2 Å². The number of nitrogens with one attached hydrogen (secondary N) is 1. The zero-order chi connectivity index (χ0) is 13.8. The van der Waals surface area contributed by atoms with Gasteiger partial charge in [0.25, 0.3) is 0 Å². The zero-order valence-corrected chi connectivity index (χ0v) is 14.7. The molecule has 21 heavy (non-hydrogen) atoms. The monoisotopic (exact) mass is 400 g/mol. The van der Waals surface area contributed by atoms with Crippen LogP contribution in [0.1, 0.15) is 18.0 Å². The van der Waals surface area contributed by atoms with Crippen molar-refractivity contribution in [3.63, 3.8) is 0 Å². The highest BCUT2D eigenvalue weighted by molar-refractivity contribution is 9.10. The fourth-order valence-electron chi connectivity index (χ4n) is 2.47. The number of hydrogen-bond acceptors (Lipinski definition) is 3. The molecule has 1 aliphatic rings. The van der Waals surface area contributed by atoms with Gasteiger partial charge in [-0.15, -0.1) is 31.4 Å². The van der Waals surface area contributed by atoms with Gasteiger partial charge >= 0.3 is 0 Å². The highest BCUT2D eigenvalue weighted by atomic mass is 79.9. The predicted octanol–water partition coefficient (Wildman–Crippen LogP) is 3.66. The van der Waals surface area contributed by atoms with Crippen molar-refractivity contribution >= 4 is 40.7 Å². The molecule has 0 saturated carbocycles. The highest BCUT2D eigenvalue weighted by Crippen LogP contribution is 2.38. The summed E-state index contributed by atoms with van der Waals surface area (Å²) in [5.41, 5.74) is 0.358. The number of hydrogen-bond donors (Lipinski definition) is 2. The fraction of sp³-hybridized carbons (Fsp3) is 0.429. The average molecular weight is 402 g/mol. The van der Waals surface area contributed by atoms with Gasteiger partial charge in [-0.1, -0.05) is 6.08 Å². The summed E-state index contributed by atoms with van der Waals surface area (Å²) in [7, 11) is 0. The lowest BCUT2D eigenvalue weighted by atomic mass is 9.99. The number of piperazine rings is 1. The smallest absolute Gasteiger partial charge is 0.137 e. The van der Waals surface area contributed by atoms with Crippen LogP contribution < -0.4 is 5.32 Å². The van der Waals surface area contributed by atoms with E-state index in [1.807, 2.05) is 0 Å². The maximum Gasteiger partial charge on any atom is 0.137 e. The van der Waals surface area contributed by atoms with Crippen molar-refractivity contribution in [3.8, 4) is 5.75 Å². The summed E-state index contributed by atoms with van der Waals surface area (Å²) in [5.74, 6) is -0.378. The molecule has 2 rings (SSSR count). The number of nitrogens with zero attached hydrogens (tertiary/aromatic N) is 1. The Labute approximate surface area is 145 Å². The van der Waals surface area contributed by atoms with Gasteiger partial charge in [0, 0.05) is 37.8 Å². The molecule has 0 aromatic heterocycles. The molecule has 1 aliphatic heterocycles. The Hall–Kier alpha value is -0.330. The van der Waals surface area contributed by atoms with E-state index in [4.69, 9.17) is 0 Å². The second-order valence-electron chi connectivity index (χ2n) is 4.62. The van der Waals surface area contributed by atoms with Gasteiger partial charge in [0.05, 0.1) is 4.47 Å². The molecule has 1 aromatic rings. The highest BCUT2D eigenvalue weighted by Gasteiger charge is 2.27. The number of rotatable bonds is 4. The molecule has 1 saturated heterocycles. The third kappa shape index (κ3) is 4.83. The maximum atomic E-state index is 14.1. The van der Waals surface area contributed by atoms with Gasteiger partial charge in [-0.25, -0.2) is 4.39 Å². The fourth-order valence-corrected chi connectivity index (χ4v) is 2.82. The molecule has 1 atom stereocenters. The van der Waals surface area contributed by atoms with Crippen LogP contribution >= 0.6 is 40.7 Å². The Balaban J connectivity index is 0.00000200. The van der Waals surface area contributed by atoms with Gasteiger partial charge in [-0.3, -0.25) is 4.90 Å². The second kappa shape index (κ2) is 9.64. The molecule has 0 amide bonds. The van der Waals surface area contributed by atoms with E-state index >= 15 is 0 Å². The van der Waals surface area contributed by atoms with Crippen LogP contribution in [-0.2, 0) is 0 Å². The number of aromatic hydroxyl groups is 1. The van der Waals surface area contributed by atoms with Crippen molar-refractivity contribution in [2.75, 3.05) is 26.2 Å². The molecule has 1 aromatic carbocycles. The van der Waals surface area contributed by atoms with Gasteiger partial charge in [0.1, 0.15) is 11.6 Å². The van der Waals surface area contributed by atoms with Crippen LogP contribution in [0.3, 0.4) is 0 Å². The van der Waals surface area contributed by atoms with Gasteiger partial charge in [-0.2, -0.15) is 0 Å². The quantitative estimate of drug-likeness (QED) is 0.755. The number of phenols is 1. The van der Waals surface area contributed by atoms with Gasteiger partial charge < -0.3 is 10.4 Å². The molecular formula is C14H20BrCl2FN2O. The van der Waals surface area contributed by atoms with E-state index < -0.39 is 0 Å². The number of halogens is 4. The van der Waals surface area contributed by atoms with Crippen LogP contribution in [0, 0.1) is 5.82 Å². The van der Waals surface area contributed by atoms with Crippen LogP contribution in [0.4, 0.5) is 4.39 Å². The molecule has 0 radical (unpaired) electrons. The summed E-state index contributed by atoms with van der Waals surface area (Å²) >= 11 is 3.25. The van der Waals surface area contributed by atoms with Crippen molar-refractivity contribution < 1.29 is 9.50 Å². The lowest BCUT2D eigenvalue weighted by molar-refractivity contribution is 0.168. The standard InChI is InChI=1S/C14H18BrFN2O.2ClH/c1-2-3-12(18-8-6-17-7-9-18)13-11(16)5-4-10(15)14(13)19;;/h2,4-5,12,17,19H,1,3,6-9H2;2*1H/t12-;;/m0../s1. The van der Waals surface area contributed by atoms with Crippen LogP contribution in [0.5, 0.6) is 5.75 Å². The van der Waals surface area contributed by atoms with E-state index in [1.165, 1.54) is 12.1 Å². The van der Waals surface area contributed by atoms with Gasteiger partial charge in [0.15, 0.2) is 0 Å². The summed E-state index contributed by atoms with van der Waals surface area (Å²) in [6.07, 6.45) is 2.38. The molecule has 3 nitrogen and oxygen atoms in total. The third-order valence-corrected chi connectivity index (χ3v) is 4.07. The molecular weight excluding hydrogens is 382 g/mol. The topological polar surface area (TPSA) is 35.5 Å². The summed E-state index contributed by atoms with van der Waals surface area (Å²) < 4.78 is 14.6. The second-order valence-corrected chi connectivity index (χ2v) is 5.47. The van der Waals surface area contributed by atoms with Crippen LogP contribution in [0.15, 0.2) is 29.3 Å². The average Bonchev–Trinajstić information content (AvgIpc) is 2.43. The number of phenolic OH excluding ortho intramolecular Hbond substituents is 1. The summed E-state index contributed by atoms with van der Waals surface area (Å²) in [6, 6.07) is 2.74. The van der Waals surface area contributed by atoms with E-state index in [0.29, 0.717) is 16.5 Å². The first kappa shape index (κ1) is 20.7. The summed E-state index contributed by atoms with van der Waals surface area (Å²) in [6.45, 7) is 7.18. The molecule has 0 aliphatic carbocycles. The normalized spacial score (nSPS) is 16.5. The minimum Gasteiger partial charge on any atom is -0.506 e. The number of benzene rings is 1. The van der Waals surface area contributed by atoms with Crippen molar-refractivity contribution in [1.29, 1.82) is 0 Å². The maximum absolute atomic E-state index is 14.1. The molecule has 0 bridgehead atoms. The van der Waals surface area contributed by atoms with Crippen molar-refractivity contribution in [3.05, 3.63) is 40.6 Å². The SMILES string of the molecule is C=CC[C@@H](c1c(F)ccc(Br)c1O)N1CCNCC1.Cl.Cl. The Kier molecular flexibility index (Phi) is 9.49. The molecule has 0 spiro atoms. The zero-order valence-electron chi connectivity index (χ0n) is 11.5. The Morgan fingerprint density at radius 3 is 2.57 bits per heavy atom. The predicted molar refractivity (Wildman–Crippen MR) is 92.3 cm³/mol. The first-order chi connectivity index (χ1) is 9.15. The molecule has 7 heteroatoms. The molecule has 2 N–H and O–H groups in total. The largest absolute Gasteiger partial charge is 0.506 e. The van der Waals surface area contributed by atoms with E-state index in [9.17, 15) is 9.50 Å². The minimum absolute atomic E-state index is 0. The molecule has 0 unspecified atom stereocenters. The van der Waals surface area contributed by atoms with Crippen LogP contribution in [0.2, 0.25) is 0 Å². The lowest BCUT2D eigenvalue weighted by Crippen LogP contribution is -2.45. The Bertz CT molecular complexity index is 471. The molecule has 1 fully saturated rings. The summed E-state index contributed by atoms with van der Waals surface area (Å²) in [4.78, 5) is 2.18. The van der Waals surface area contributed by atoms with Crippen molar-refractivity contribution in [2.45, 2.75) is 12.5 Å². The first-order valence-corrected chi connectivity index (χ1v) is 7.17. The molecule has 120 valence electrons. The van der Waals surface area contributed by atoms with Crippen LogP contribution in [-0.4, -0.2) is 36.2 Å². The summed E-state index contributed by atoms with van der Waals surface area (Å²) in [5, 5.41) is 13.4.